The minimum atomic E-state index is -0.545. The highest BCUT2D eigenvalue weighted by Gasteiger charge is 2.19. The average Bonchev–Trinajstić information content (AvgIpc) is 3.13. The number of hydrogen-bond acceptors (Lipinski definition) is 3. The Hall–Kier alpha value is -4.33. The van der Waals surface area contributed by atoms with Crippen molar-refractivity contribution in [2.75, 3.05) is 5.32 Å². The molecule has 0 saturated carbocycles. The number of carbonyl (C=O) groups excluding carboxylic acids is 1. The van der Waals surface area contributed by atoms with Crippen LogP contribution in [0, 0.1) is 11.6 Å². The summed E-state index contributed by atoms with van der Waals surface area (Å²) in [6, 6.07) is 19.0. The van der Waals surface area contributed by atoms with E-state index in [0.29, 0.717) is 11.0 Å². The van der Waals surface area contributed by atoms with Crippen LogP contribution in [-0.2, 0) is 17.9 Å². The van der Waals surface area contributed by atoms with Crippen molar-refractivity contribution in [3.63, 3.8) is 0 Å². The van der Waals surface area contributed by atoms with Crippen LogP contribution in [0.2, 0.25) is 0 Å². The number of halogens is 2. The van der Waals surface area contributed by atoms with Crippen molar-refractivity contribution in [3.8, 4) is 0 Å². The molecule has 1 N–H and O–H groups in total. The number of benzene rings is 3. The van der Waals surface area contributed by atoms with E-state index in [2.05, 4.69) is 10.3 Å². The second-order valence-electron chi connectivity index (χ2n) is 7.63. The van der Waals surface area contributed by atoms with Gasteiger partial charge in [-0.2, -0.15) is 0 Å². The van der Waals surface area contributed by atoms with Crippen molar-refractivity contribution < 1.29 is 13.6 Å². The molecule has 1 amide bonds. The van der Waals surface area contributed by atoms with Gasteiger partial charge in [-0.05, 0) is 35.9 Å². The number of rotatable bonds is 5. The molecule has 5 aromatic rings. The first-order valence-corrected chi connectivity index (χ1v) is 10.3. The van der Waals surface area contributed by atoms with E-state index in [9.17, 15) is 18.4 Å². The summed E-state index contributed by atoms with van der Waals surface area (Å²) >= 11 is 0. The highest BCUT2D eigenvalue weighted by atomic mass is 19.1. The lowest BCUT2D eigenvalue weighted by atomic mass is 10.2. The van der Waals surface area contributed by atoms with Gasteiger partial charge in [-0.25, -0.2) is 13.8 Å². The first kappa shape index (κ1) is 20.6. The van der Waals surface area contributed by atoms with Crippen LogP contribution >= 0.6 is 0 Å². The number of carbonyl (C=O) groups is 1. The Morgan fingerprint density at radius 3 is 2.45 bits per heavy atom. The van der Waals surface area contributed by atoms with Gasteiger partial charge >= 0.3 is 0 Å². The van der Waals surface area contributed by atoms with Gasteiger partial charge < -0.3 is 9.88 Å². The number of nitrogens with zero attached hydrogens (tertiary/aromatic N) is 3. The van der Waals surface area contributed by atoms with Crippen molar-refractivity contribution in [1.29, 1.82) is 0 Å². The third kappa shape index (κ3) is 3.87. The molecular weight excluding hydrogens is 426 g/mol. The number of fused-ring (bicyclic) bond motifs is 3. The van der Waals surface area contributed by atoms with Gasteiger partial charge in [0.15, 0.2) is 0 Å². The van der Waals surface area contributed by atoms with Gasteiger partial charge in [0.25, 0.3) is 5.56 Å². The topological polar surface area (TPSA) is 68.9 Å². The standard InChI is InChI=1S/C25H18F2N4O2/c26-17-11-9-16(10-12-17)13-30-15-28-23-18-5-1-4-8-21(18)31(24(23)25(30)33)14-22(32)29-20-7-3-2-6-19(20)27/h1-12,15H,13-14H2,(H,29,32). The van der Waals surface area contributed by atoms with Crippen molar-refractivity contribution in [2.24, 2.45) is 0 Å². The zero-order chi connectivity index (χ0) is 22.9. The Balaban J connectivity index is 1.58. The summed E-state index contributed by atoms with van der Waals surface area (Å²) < 4.78 is 30.2. The summed E-state index contributed by atoms with van der Waals surface area (Å²) in [4.78, 5) is 30.7. The van der Waals surface area contributed by atoms with Gasteiger partial charge in [-0.1, -0.05) is 42.5 Å². The molecule has 0 atom stereocenters. The van der Waals surface area contributed by atoms with E-state index in [0.717, 1.165) is 10.9 Å². The first-order valence-electron chi connectivity index (χ1n) is 10.3. The molecule has 164 valence electrons. The van der Waals surface area contributed by atoms with Crippen LogP contribution in [0.3, 0.4) is 0 Å². The molecule has 2 heterocycles. The quantitative estimate of drug-likeness (QED) is 0.439. The number of hydrogen-bond donors (Lipinski definition) is 1. The Morgan fingerprint density at radius 1 is 0.939 bits per heavy atom. The third-order valence-corrected chi connectivity index (χ3v) is 5.45. The molecule has 6 nitrogen and oxygen atoms in total. The number of para-hydroxylation sites is 2. The Bertz CT molecular complexity index is 1560. The molecule has 2 aromatic heterocycles. The lowest BCUT2D eigenvalue weighted by molar-refractivity contribution is -0.116. The van der Waals surface area contributed by atoms with Gasteiger partial charge in [0.1, 0.15) is 29.2 Å². The SMILES string of the molecule is O=C(Cn1c2ccccc2c2ncn(Cc3ccc(F)cc3)c(=O)c21)Nc1ccccc1F. The molecule has 8 heteroatoms. The molecule has 0 radical (unpaired) electrons. The maximum Gasteiger partial charge on any atom is 0.278 e. The minimum absolute atomic E-state index is 0.0649. The van der Waals surface area contributed by atoms with Gasteiger partial charge in [-0.15, -0.1) is 0 Å². The number of nitrogens with one attached hydrogen (secondary N) is 1. The molecule has 0 fully saturated rings. The monoisotopic (exact) mass is 444 g/mol. The van der Waals surface area contributed by atoms with E-state index in [4.69, 9.17) is 0 Å². The molecule has 3 aromatic carbocycles. The van der Waals surface area contributed by atoms with Crippen molar-refractivity contribution in [1.82, 2.24) is 14.1 Å². The Kier molecular flexibility index (Phi) is 5.18. The fourth-order valence-corrected chi connectivity index (χ4v) is 3.91. The van der Waals surface area contributed by atoms with Crippen LogP contribution in [-0.4, -0.2) is 20.0 Å². The molecule has 0 aliphatic heterocycles. The van der Waals surface area contributed by atoms with Crippen LogP contribution in [0.15, 0.2) is 83.9 Å². The van der Waals surface area contributed by atoms with Crippen LogP contribution in [0.1, 0.15) is 5.56 Å². The highest BCUT2D eigenvalue weighted by molar-refractivity contribution is 6.06. The van der Waals surface area contributed by atoms with Crippen molar-refractivity contribution >= 4 is 33.5 Å². The molecular formula is C25H18F2N4O2. The second-order valence-corrected chi connectivity index (χ2v) is 7.63. The predicted molar refractivity (Wildman–Crippen MR) is 122 cm³/mol. The van der Waals surface area contributed by atoms with Gasteiger partial charge in [0.2, 0.25) is 5.91 Å². The normalized spacial score (nSPS) is 11.2. The summed E-state index contributed by atoms with van der Waals surface area (Å²) in [7, 11) is 0. The Labute approximate surface area is 186 Å². The summed E-state index contributed by atoms with van der Waals surface area (Å²) in [5.41, 5.74) is 1.88. The van der Waals surface area contributed by atoms with Gasteiger partial charge in [0.05, 0.1) is 24.1 Å². The zero-order valence-corrected chi connectivity index (χ0v) is 17.3. The van der Waals surface area contributed by atoms with E-state index in [1.165, 1.54) is 41.2 Å². The first-order chi connectivity index (χ1) is 16.0. The highest BCUT2D eigenvalue weighted by Crippen LogP contribution is 2.25. The molecule has 0 spiro atoms. The molecule has 0 aliphatic carbocycles. The number of aromatic nitrogens is 3. The van der Waals surface area contributed by atoms with Crippen molar-refractivity contribution in [3.05, 3.63) is 107 Å². The average molecular weight is 444 g/mol. The summed E-state index contributed by atoms with van der Waals surface area (Å²) in [6.45, 7) is 0.000824. The maximum atomic E-state index is 14.0. The van der Waals surface area contributed by atoms with Gasteiger partial charge in [0, 0.05) is 5.39 Å². The fraction of sp³-hybridized carbons (Fsp3) is 0.0800. The second kappa shape index (κ2) is 8.31. The van der Waals surface area contributed by atoms with E-state index in [1.807, 2.05) is 18.2 Å². The lowest BCUT2D eigenvalue weighted by Crippen LogP contribution is -2.25. The molecule has 0 saturated heterocycles. The van der Waals surface area contributed by atoms with E-state index in [-0.39, 0.29) is 35.7 Å². The smallest absolute Gasteiger partial charge is 0.278 e. The molecule has 33 heavy (non-hydrogen) atoms. The van der Waals surface area contributed by atoms with Crippen LogP contribution in [0.4, 0.5) is 14.5 Å². The fourth-order valence-electron chi connectivity index (χ4n) is 3.91. The van der Waals surface area contributed by atoms with E-state index < -0.39 is 11.7 Å². The largest absolute Gasteiger partial charge is 0.325 e. The predicted octanol–water partition coefficient (Wildman–Crippen LogP) is 4.32. The Morgan fingerprint density at radius 2 is 1.67 bits per heavy atom. The lowest BCUT2D eigenvalue weighted by Gasteiger charge is -2.10. The maximum absolute atomic E-state index is 14.0. The molecule has 5 rings (SSSR count). The molecule has 0 unspecified atom stereocenters. The summed E-state index contributed by atoms with van der Waals surface area (Å²) in [6.07, 6.45) is 1.45. The minimum Gasteiger partial charge on any atom is -0.325 e. The third-order valence-electron chi connectivity index (χ3n) is 5.45. The van der Waals surface area contributed by atoms with Crippen LogP contribution in [0.5, 0.6) is 0 Å². The van der Waals surface area contributed by atoms with Gasteiger partial charge in [-0.3, -0.25) is 14.2 Å². The molecule has 0 aliphatic rings. The summed E-state index contributed by atoms with van der Waals surface area (Å²) in [5.74, 6) is -1.38. The molecule has 0 bridgehead atoms. The number of amides is 1. The van der Waals surface area contributed by atoms with E-state index >= 15 is 0 Å². The van der Waals surface area contributed by atoms with Crippen LogP contribution in [0.25, 0.3) is 21.9 Å². The summed E-state index contributed by atoms with van der Waals surface area (Å²) in [5, 5.41) is 3.29. The van der Waals surface area contributed by atoms with E-state index in [1.54, 1.807) is 28.8 Å². The van der Waals surface area contributed by atoms with Crippen molar-refractivity contribution in [2.45, 2.75) is 13.1 Å². The van der Waals surface area contributed by atoms with Crippen LogP contribution < -0.4 is 10.9 Å². The number of anilines is 1. The zero-order valence-electron chi connectivity index (χ0n) is 17.3.